The van der Waals surface area contributed by atoms with Crippen molar-refractivity contribution in [3.05, 3.63) is 53.5 Å². The molecule has 3 aromatic rings. The Morgan fingerprint density at radius 3 is 3.12 bits per heavy atom. The standard InChI is InChI=1S/C19H22N4O2/c1-13-9-20-6-5-14-3-4-16(7-18(13)14)24-12-17-8-19(22-25-17)15-10-21-23(2)11-15/h3-4,7-8,10-11,13,20H,5-6,9,12H2,1-2H3. The van der Waals surface area contributed by atoms with E-state index in [2.05, 4.69) is 34.6 Å². The lowest BCUT2D eigenvalue weighted by atomic mass is 9.95. The van der Waals surface area contributed by atoms with E-state index in [1.165, 1.54) is 11.1 Å². The van der Waals surface area contributed by atoms with Crippen LogP contribution < -0.4 is 10.1 Å². The number of hydrogen-bond acceptors (Lipinski definition) is 5. The van der Waals surface area contributed by atoms with Gasteiger partial charge >= 0.3 is 0 Å². The summed E-state index contributed by atoms with van der Waals surface area (Å²) in [4.78, 5) is 0. The molecule has 6 nitrogen and oxygen atoms in total. The summed E-state index contributed by atoms with van der Waals surface area (Å²) in [5.41, 5.74) is 4.48. The molecule has 0 saturated carbocycles. The molecule has 0 aliphatic carbocycles. The van der Waals surface area contributed by atoms with Crippen molar-refractivity contribution in [3.8, 4) is 17.0 Å². The summed E-state index contributed by atoms with van der Waals surface area (Å²) in [7, 11) is 1.88. The monoisotopic (exact) mass is 338 g/mol. The minimum absolute atomic E-state index is 0.360. The van der Waals surface area contributed by atoms with Crippen LogP contribution in [0.25, 0.3) is 11.3 Å². The molecule has 1 unspecified atom stereocenters. The third-order valence-electron chi connectivity index (χ3n) is 4.61. The summed E-state index contributed by atoms with van der Waals surface area (Å²) in [6.07, 6.45) is 4.74. The van der Waals surface area contributed by atoms with Crippen LogP contribution in [0, 0.1) is 0 Å². The highest BCUT2D eigenvalue weighted by Crippen LogP contribution is 2.27. The van der Waals surface area contributed by atoms with Crippen molar-refractivity contribution in [2.45, 2.75) is 25.9 Å². The van der Waals surface area contributed by atoms with Crippen LogP contribution in [0.5, 0.6) is 5.75 Å². The predicted octanol–water partition coefficient (Wildman–Crippen LogP) is 2.90. The molecule has 0 radical (unpaired) electrons. The smallest absolute Gasteiger partial charge is 0.174 e. The van der Waals surface area contributed by atoms with Gasteiger partial charge in [0.2, 0.25) is 0 Å². The predicted molar refractivity (Wildman–Crippen MR) is 94.5 cm³/mol. The Bertz CT molecular complexity index is 868. The quantitative estimate of drug-likeness (QED) is 0.792. The average molecular weight is 338 g/mol. The Morgan fingerprint density at radius 2 is 2.28 bits per heavy atom. The minimum atomic E-state index is 0.360. The topological polar surface area (TPSA) is 65.1 Å². The summed E-state index contributed by atoms with van der Waals surface area (Å²) in [5, 5.41) is 11.7. The molecule has 3 heterocycles. The van der Waals surface area contributed by atoms with Gasteiger partial charge in [-0.05, 0) is 42.1 Å². The average Bonchev–Trinajstić information content (AvgIpc) is 3.21. The van der Waals surface area contributed by atoms with Crippen LogP contribution in [0.15, 0.2) is 41.2 Å². The fraction of sp³-hybridized carbons (Fsp3) is 0.368. The number of aryl methyl sites for hydroxylation is 1. The number of aromatic nitrogens is 3. The molecule has 130 valence electrons. The van der Waals surface area contributed by atoms with E-state index in [1.54, 1.807) is 10.9 Å². The van der Waals surface area contributed by atoms with Crippen LogP contribution in [-0.4, -0.2) is 28.0 Å². The van der Waals surface area contributed by atoms with Gasteiger partial charge in [-0.2, -0.15) is 5.10 Å². The van der Waals surface area contributed by atoms with Gasteiger partial charge < -0.3 is 14.6 Å². The third-order valence-corrected chi connectivity index (χ3v) is 4.61. The van der Waals surface area contributed by atoms with Gasteiger partial charge in [0, 0.05) is 31.4 Å². The molecule has 1 N–H and O–H groups in total. The second kappa shape index (κ2) is 6.72. The number of fused-ring (bicyclic) bond motifs is 1. The number of benzene rings is 1. The van der Waals surface area contributed by atoms with Gasteiger partial charge in [-0.3, -0.25) is 4.68 Å². The Morgan fingerprint density at radius 1 is 1.36 bits per heavy atom. The molecule has 1 atom stereocenters. The van der Waals surface area contributed by atoms with Crippen LogP contribution in [0.2, 0.25) is 0 Å². The fourth-order valence-electron chi connectivity index (χ4n) is 3.23. The summed E-state index contributed by atoms with van der Waals surface area (Å²) < 4.78 is 13.1. The summed E-state index contributed by atoms with van der Waals surface area (Å²) in [5.74, 6) is 2.05. The van der Waals surface area contributed by atoms with E-state index < -0.39 is 0 Å². The van der Waals surface area contributed by atoms with Crippen molar-refractivity contribution in [3.63, 3.8) is 0 Å². The van der Waals surface area contributed by atoms with Crippen LogP contribution in [0.3, 0.4) is 0 Å². The van der Waals surface area contributed by atoms with E-state index in [1.807, 2.05) is 25.4 Å². The van der Waals surface area contributed by atoms with Gasteiger partial charge in [0.1, 0.15) is 18.1 Å². The highest BCUT2D eigenvalue weighted by Gasteiger charge is 2.15. The number of hydrogen-bond donors (Lipinski definition) is 1. The maximum atomic E-state index is 5.93. The van der Waals surface area contributed by atoms with Gasteiger partial charge in [0.15, 0.2) is 5.76 Å². The van der Waals surface area contributed by atoms with E-state index in [0.29, 0.717) is 18.3 Å². The summed E-state index contributed by atoms with van der Waals surface area (Å²) in [6.45, 7) is 4.65. The number of ether oxygens (including phenoxy) is 1. The van der Waals surface area contributed by atoms with E-state index in [4.69, 9.17) is 9.26 Å². The molecule has 0 amide bonds. The first-order valence-corrected chi connectivity index (χ1v) is 8.60. The maximum Gasteiger partial charge on any atom is 0.174 e. The molecule has 25 heavy (non-hydrogen) atoms. The second-order valence-corrected chi connectivity index (χ2v) is 6.59. The van der Waals surface area contributed by atoms with Gasteiger partial charge in [-0.15, -0.1) is 0 Å². The maximum absolute atomic E-state index is 5.93. The van der Waals surface area contributed by atoms with Crippen molar-refractivity contribution in [2.24, 2.45) is 7.05 Å². The molecule has 6 heteroatoms. The minimum Gasteiger partial charge on any atom is -0.486 e. The molecule has 2 aromatic heterocycles. The van der Waals surface area contributed by atoms with E-state index in [-0.39, 0.29) is 0 Å². The first kappa shape index (κ1) is 15.9. The number of nitrogens with zero attached hydrogens (tertiary/aromatic N) is 3. The zero-order valence-electron chi connectivity index (χ0n) is 14.5. The molecule has 1 aliphatic rings. The van der Waals surface area contributed by atoms with Crippen LogP contribution in [-0.2, 0) is 20.1 Å². The summed E-state index contributed by atoms with van der Waals surface area (Å²) >= 11 is 0. The van der Waals surface area contributed by atoms with Gasteiger partial charge in [0.25, 0.3) is 0 Å². The lowest BCUT2D eigenvalue weighted by molar-refractivity contribution is 0.249. The fourth-order valence-corrected chi connectivity index (χ4v) is 3.23. The molecular weight excluding hydrogens is 316 g/mol. The van der Waals surface area contributed by atoms with Crippen molar-refractivity contribution in [1.29, 1.82) is 0 Å². The normalized spacial score (nSPS) is 17.1. The van der Waals surface area contributed by atoms with Gasteiger partial charge in [0.05, 0.1) is 6.20 Å². The van der Waals surface area contributed by atoms with Crippen LogP contribution in [0.1, 0.15) is 29.7 Å². The first-order chi connectivity index (χ1) is 12.2. The lowest BCUT2D eigenvalue weighted by Gasteiger charge is -2.14. The second-order valence-electron chi connectivity index (χ2n) is 6.59. The summed E-state index contributed by atoms with van der Waals surface area (Å²) in [6, 6.07) is 8.27. The Hall–Kier alpha value is -2.60. The highest BCUT2D eigenvalue weighted by atomic mass is 16.5. The molecule has 0 saturated heterocycles. The largest absolute Gasteiger partial charge is 0.486 e. The third kappa shape index (κ3) is 3.44. The zero-order chi connectivity index (χ0) is 17.2. The van der Waals surface area contributed by atoms with E-state index in [9.17, 15) is 0 Å². The van der Waals surface area contributed by atoms with Crippen LogP contribution in [0.4, 0.5) is 0 Å². The molecule has 0 bridgehead atoms. The van der Waals surface area contributed by atoms with Crippen molar-refractivity contribution >= 4 is 0 Å². The molecule has 0 fully saturated rings. The molecule has 0 spiro atoms. The molecule has 1 aromatic carbocycles. The molecular formula is C19H22N4O2. The number of nitrogens with one attached hydrogen (secondary N) is 1. The Labute approximate surface area is 146 Å². The first-order valence-electron chi connectivity index (χ1n) is 8.60. The molecule has 1 aliphatic heterocycles. The van der Waals surface area contributed by atoms with E-state index in [0.717, 1.165) is 36.5 Å². The van der Waals surface area contributed by atoms with Gasteiger partial charge in [-0.25, -0.2) is 0 Å². The van der Waals surface area contributed by atoms with Crippen molar-refractivity contribution in [1.82, 2.24) is 20.3 Å². The molecule has 4 rings (SSSR count). The number of rotatable bonds is 4. The van der Waals surface area contributed by atoms with Gasteiger partial charge in [-0.1, -0.05) is 18.1 Å². The van der Waals surface area contributed by atoms with Crippen molar-refractivity contribution in [2.75, 3.05) is 13.1 Å². The highest BCUT2D eigenvalue weighted by molar-refractivity contribution is 5.56. The Kier molecular flexibility index (Phi) is 4.28. The SMILES string of the molecule is CC1CNCCc2ccc(OCc3cc(-c4cnn(C)c4)no3)cc21. The Balaban J connectivity index is 1.46. The van der Waals surface area contributed by atoms with Crippen LogP contribution >= 0.6 is 0 Å². The lowest BCUT2D eigenvalue weighted by Crippen LogP contribution is -2.18. The van der Waals surface area contributed by atoms with Crippen molar-refractivity contribution < 1.29 is 9.26 Å². The van der Waals surface area contributed by atoms with E-state index >= 15 is 0 Å². The zero-order valence-corrected chi connectivity index (χ0v) is 14.5.